The SMILES string of the molecule is CNC(=O)N1C=CNC1c1ccc(F)cc1Br. The lowest BCUT2D eigenvalue weighted by Gasteiger charge is -2.24. The topological polar surface area (TPSA) is 44.4 Å². The van der Waals surface area contributed by atoms with Gasteiger partial charge in [-0.1, -0.05) is 22.0 Å². The van der Waals surface area contributed by atoms with Crippen LogP contribution in [-0.4, -0.2) is 18.0 Å². The number of carbonyl (C=O) groups excluding carboxylic acids is 1. The van der Waals surface area contributed by atoms with Gasteiger partial charge in [-0.15, -0.1) is 0 Å². The highest BCUT2D eigenvalue weighted by Gasteiger charge is 2.26. The second-order valence-electron chi connectivity index (χ2n) is 3.51. The van der Waals surface area contributed by atoms with Crippen LogP contribution in [0.3, 0.4) is 0 Å². The molecule has 0 spiro atoms. The van der Waals surface area contributed by atoms with Crippen LogP contribution < -0.4 is 10.6 Å². The summed E-state index contributed by atoms with van der Waals surface area (Å²) in [4.78, 5) is 13.1. The van der Waals surface area contributed by atoms with Gasteiger partial charge in [-0.3, -0.25) is 4.90 Å². The third kappa shape index (κ3) is 2.26. The summed E-state index contributed by atoms with van der Waals surface area (Å²) < 4.78 is 13.6. The van der Waals surface area contributed by atoms with Crippen molar-refractivity contribution < 1.29 is 9.18 Å². The van der Waals surface area contributed by atoms with Gasteiger partial charge in [0, 0.05) is 29.5 Å². The summed E-state index contributed by atoms with van der Waals surface area (Å²) in [6.45, 7) is 0. The first kappa shape index (κ1) is 11.9. The molecule has 4 nitrogen and oxygen atoms in total. The van der Waals surface area contributed by atoms with Gasteiger partial charge in [0.1, 0.15) is 12.0 Å². The lowest BCUT2D eigenvalue weighted by Crippen LogP contribution is -2.38. The fourth-order valence-electron chi connectivity index (χ4n) is 1.66. The van der Waals surface area contributed by atoms with Crippen molar-refractivity contribution in [2.45, 2.75) is 6.17 Å². The Kier molecular flexibility index (Phi) is 3.33. The molecule has 17 heavy (non-hydrogen) atoms. The third-order valence-electron chi connectivity index (χ3n) is 2.47. The van der Waals surface area contributed by atoms with Gasteiger partial charge in [-0.25, -0.2) is 9.18 Å². The molecule has 0 radical (unpaired) electrons. The Bertz CT molecular complexity index is 478. The van der Waals surface area contributed by atoms with Crippen molar-refractivity contribution in [2.24, 2.45) is 0 Å². The number of hydrogen-bond acceptors (Lipinski definition) is 2. The van der Waals surface area contributed by atoms with Crippen LogP contribution in [0.1, 0.15) is 11.7 Å². The van der Waals surface area contributed by atoms with Crippen molar-refractivity contribution in [3.05, 3.63) is 46.5 Å². The van der Waals surface area contributed by atoms with E-state index in [1.54, 1.807) is 25.5 Å². The molecular formula is C11H11BrFN3O. The molecule has 1 heterocycles. The lowest BCUT2D eigenvalue weighted by atomic mass is 10.1. The maximum absolute atomic E-state index is 13.0. The van der Waals surface area contributed by atoms with Gasteiger partial charge >= 0.3 is 6.03 Å². The molecule has 0 saturated carbocycles. The van der Waals surface area contributed by atoms with E-state index >= 15 is 0 Å². The van der Waals surface area contributed by atoms with Gasteiger partial charge in [-0.2, -0.15) is 0 Å². The first-order valence-electron chi connectivity index (χ1n) is 5.01. The van der Waals surface area contributed by atoms with E-state index in [9.17, 15) is 9.18 Å². The van der Waals surface area contributed by atoms with E-state index in [4.69, 9.17) is 0 Å². The molecule has 1 aromatic carbocycles. The number of carbonyl (C=O) groups is 1. The summed E-state index contributed by atoms with van der Waals surface area (Å²) in [5.74, 6) is -0.321. The molecule has 2 rings (SSSR count). The predicted molar refractivity (Wildman–Crippen MR) is 65.4 cm³/mol. The molecule has 6 heteroatoms. The van der Waals surface area contributed by atoms with E-state index in [1.165, 1.54) is 17.0 Å². The number of halogens is 2. The van der Waals surface area contributed by atoms with Crippen LogP contribution in [0.15, 0.2) is 35.1 Å². The van der Waals surface area contributed by atoms with E-state index in [1.807, 2.05) is 0 Å². The van der Waals surface area contributed by atoms with Gasteiger partial charge in [0.25, 0.3) is 0 Å². The average Bonchev–Trinajstić information content (AvgIpc) is 2.77. The zero-order valence-electron chi connectivity index (χ0n) is 9.08. The number of amides is 2. The standard InChI is InChI=1S/C11H11BrFN3O/c1-14-11(17)16-5-4-15-10(16)8-3-2-7(13)6-9(8)12/h2-6,10,15H,1H3,(H,14,17). The van der Waals surface area contributed by atoms with Crippen molar-refractivity contribution in [1.29, 1.82) is 0 Å². The van der Waals surface area contributed by atoms with Gasteiger partial charge in [0.2, 0.25) is 0 Å². The van der Waals surface area contributed by atoms with Crippen LogP contribution in [0.5, 0.6) is 0 Å². The zero-order chi connectivity index (χ0) is 12.4. The van der Waals surface area contributed by atoms with Crippen molar-refractivity contribution in [1.82, 2.24) is 15.5 Å². The van der Waals surface area contributed by atoms with E-state index in [0.717, 1.165) is 5.56 Å². The fraction of sp³-hybridized carbons (Fsp3) is 0.182. The lowest BCUT2D eigenvalue weighted by molar-refractivity contribution is 0.203. The largest absolute Gasteiger partial charge is 0.366 e. The maximum Gasteiger partial charge on any atom is 0.323 e. The average molecular weight is 300 g/mol. The zero-order valence-corrected chi connectivity index (χ0v) is 10.7. The summed E-state index contributed by atoms with van der Waals surface area (Å²) in [7, 11) is 1.56. The highest BCUT2D eigenvalue weighted by atomic mass is 79.9. The number of hydrogen-bond donors (Lipinski definition) is 2. The highest BCUT2D eigenvalue weighted by molar-refractivity contribution is 9.10. The Morgan fingerprint density at radius 1 is 1.59 bits per heavy atom. The fourth-order valence-corrected chi connectivity index (χ4v) is 2.23. The van der Waals surface area contributed by atoms with Crippen LogP contribution >= 0.6 is 15.9 Å². The van der Waals surface area contributed by atoms with E-state index < -0.39 is 0 Å². The van der Waals surface area contributed by atoms with Crippen LogP contribution in [-0.2, 0) is 0 Å². The number of nitrogens with zero attached hydrogens (tertiary/aromatic N) is 1. The number of rotatable bonds is 1. The molecule has 90 valence electrons. The van der Waals surface area contributed by atoms with Gasteiger partial charge in [-0.05, 0) is 12.1 Å². The normalized spacial score (nSPS) is 18.1. The molecule has 1 aromatic rings. The van der Waals surface area contributed by atoms with Crippen molar-refractivity contribution in [3.63, 3.8) is 0 Å². The molecule has 2 N–H and O–H groups in total. The molecule has 1 unspecified atom stereocenters. The van der Waals surface area contributed by atoms with E-state index in [2.05, 4.69) is 26.6 Å². The van der Waals surface area contributed by atoms with Crippen LogP contribution in [0, 0.1) is 5.82 Å². The first-order valence-corrected chi connectivity index (χ1v) is 5.80. The summed E-state index contributed by atoms with van der Waals surface area (Å²) in [6, 6.07) is 4.15. The predicted octanol–water partition coefficient (Wildman–Crippen LogP) is 2.30. The van der Waals surface area contributed by atoms with Crippen molar-refractivity contribution >= 4 is 22.0 Å². The molecular weight excluding hydrogens is 289 g/mol. The Morgan fingerprint density at radius 2 is 2.35 bits per heavy atom. The molecule has 1 aliphatic rings. The Hall–Kier alpha value is -1.56. The molecule has 1 atom stereocenters. The molecule has 0 aliphatic carbocycles. The van der Waals surface area contributed by atoms with E-state index in [0.29, 0.717) is 4.47 Å². The van der Waals surface area contributed by atoms with Gasteiger partial charge in [0.05, 0.1) is 0 Å². The van der Waals surface area contributed by atoms with Crippen LogP contribution in [0.25, 0.3) is 0 Å². The van der Waals surface area contributed by atoms with Crippen molar-refractivity contribution in [3.8, 4) is 0 Å². The summed E-state index contributed by atoms with van der Waals surface area (Å²) in [6.07, 6.45) is 2.99. The Morgan fingerprint density at radius 3 is 3.00 bits per heavy atom. The molecule has 1 aliphatic heterocycles. The number of urea groups is 1. The number of nitrogens with one attached hydrogen (secondary N) is 2. The summed E-state index contributed by atoms with van der Waals surface area (Å²) in [5, 5.41) is 5.57. The smallest absolute Gasteiger partial charge is 0.323 e. The molecule has 0 aromatic heterocycles. The van der Waals surface area contributed by atoms with Crippen LogP contribution in [0.2, 0.25) is 0 Å². The third-order valence-corrected chi connectivity index (χ3v) is 3.16. The quantitative estimate of drug-likeness (QED) is 0.836. The molecule has 0 saturated heterocycles. The minimum absolute atomic E-state index is 0.229. The second-order valence-corrected chi connectivity index (χ2v) is 4.37. The molecule has 0 bridgehead atoms. The summed E-state index contributed by atoms with van der Waals surface area (Å²) in [5.41, 5.74) is 0.792. The second kappa shape index (κ2) is 4.75. The van der Waals surface area contributed by atoms with Crippen molar-refractivity contribution in [2.75, 3.05) is 7.05 Å². The van der Waals surface area contributed by atoms with Gasteiger partial charge in [0.15, 0.2) is 0 Å². The Balaban J connectivity index is 2.30. The minimum Gasteiger partial charge on any atom is -0.366 e. The van der Waals surface area contributed by atoms with E-state index in [-0.39, 0.29) is 18.0 Å². The highest BCUT2D eigenvalue weighted by Crippen LogP contribution is 2.29. The van der Waals surface area contributed by atoms with Crippen LogP contribution in [0.4, 0.5) is 9.18 Å². The molecule has 0 fully saturated rings. The van der Waals surface area contributed by atoms with Gasteiger partial charge < -0.3 is 10.6 Å². The first-order chi connectivity index (χ1) is 8.13. The monoisotopic (exact) mass is 299 g/mol. The minimum atomic E-state index is -0.329. The Labute approximate surface area is 107 Å². The molecule has 2 amide bonds. The summed E-state index contributed by atoms with van der Waals surface area (Å²) >= 11 is 3.29. The number of benzene rings is 1. The maximum atomic E-state index is 13.0.